The average molecular weight is 675 g/mol. The molecule has 0 spiro atoms. The zero-order valence-corrected chi connectivity index (χ0v) is 29.3. The summed E-state index contributed by atoms with van der Waals surface area (Å²) in [6, 6.07) is 67.4. The molecule has 2 heteroatoms. The molecule has 0 amide bonds. The third kappa shape index (κ3) is 5.19. The quantitative estimate of drug-likeness (QED) is 0.134. The van der Waals surface area contributed by atoms with Crippen molar-refractivity contribution < 1.29 is 0 Å². The minimum Gasteiger partial charge on any atom is -0.251 e. The summed E-state index contributed by atoms with van der Waals surface area (Å²) in [5.74, 6) is 0. The van der Waals surface area contributed by atoms with Crippen molar-refractivity contribution in [2.75, 3.05) is 0 Å². The second-order valence-electron chi connectivity index (χ2n) is 13.7. The molecular weight excluding hydrogens is 641 g/mol. The van der Waals surface area contributed by atoms with Crippen molar-refractivity contribution in [3.8, 4) is 55.8 Å². The molecule has 2 heterocycles. The van der Waals surface area contributed by atoms with Gasteiger partial charge in [-0.15, -0.1) is 0 Å². The third-order valence-corrected chi connectivity index (χ3v) is 10.5. The van der Waals surface area contributed by atoms with Crippen LogP contribution < -0.4 is 0 Å². The standard InChI is InChI=1S/C51H34N2/c1-33-25-30-43-48(36-17-7-3-8-18-36)49(37-19-9-4-10-20-37)44-31-32-45(53-51(44)50(43)52-33)34-26-28-38(29-27-34)47-41-23-13-11-21-39(41)46(35-15-5-2-6-16-35)40-22-12-14-24-42(40)47/h2-32H,1H3. The summed E-state index contributed by atoms with van der Waals surface area (Å²) in [6.45, 7) is 2.06. The Kier molecular flexibility index (Phi) is 7.40. The molecule has 10 rings (SSSR count). The van der Waals surface area contributed by atoms with Gasteiger partial charge in [-0.3, -0.25) is 4.98 Å². The molecule has 0 aliphatic carbocycles. The minimum atomic E-state index is 0.914. The number of fused-ring (bicyclic) bond motifs is 5. The van der Waals surface area contributed by atoms with Gasteiger partial charge in [-0.1, -0.05) is 170 Å². The molecule has 0 N–H and O–H groups in total. The molecule has 0 saturated heterocycles. The van der Waals surface area contributed by atoms with E-state index >= 15 is 0 Å². The van der Waals surface area contributed by atoms with Gasteiger partial charge in [0.25, 0.3) is 0 Å². The SMILES string of the molecule is Cc1ccc2c(-c3ccccc3)c(-c3ccccc3)c3ccc(-c4ccc(-c5c6ccccc6c(-c6ccccc6)c6ccccc56)cc4)nc3c2n1. The van der Waals surface area contributed by atoms with E-state index in [2.05, 4.69) is 195 Å². The zero-order chi connectivity index (χ0) is 35.3. The molecule has 0 fully saturated rings. The van der Waals surface area contributed by atoms with E-state index in [1.165, 1.54) is 60.5 Å². The van der Waals surface area contributed by atoms with Crippen LogP contribution in [-0.2, 0) is 0 Å². The molecule has 0 unspecified atom stereocenters. The molecule has 0 radical (unpaired) electrons. The molecule has 8 aromatic carbocycles. The fourth-order valence-corrected chi connectivity index (χ4v) is 8.18. The Morgan fingerprint density at radius 2 is 0.623 bits per heavy atom. The van der Waals surface area contributed by atoms with Gasteiger partial charge in [-0.25, -0.2) is 4.98 Å². The molecule has 2 nitrogen and oxygen atoms in total. The first-order valence-corrected chi connectivity index (χ1v) is 18.2. The highest BCUT2D eigenvalue weighted by Gasteiger charge is 2.21. The maximum absolute atomic E-state index is 5.42. The van der Waals surface area contributed by atoms with Crippen LogP contribution in [0.25, 0.3) is 99.1 Å². The second-order valence-corrected chi connectivity index (χ2v) is 13.7. The van der Waals surface area contributed by atoms with Gasteiger partial charge in [0.05, 0.1) is 16.7 Å². The molecule has 0 atom stereocenters. The van der Waals surface area contributed by atoms with Crippen LogP contribution >= 0.6 is 0 Å². The summed E-state index contributed by atoms with van der Waals surface area (Å²) in [5.41, 5.74) is 14.4. The van der Waals surface area contributed by atoms with E-state index in [4.69, 9.17) is 9.97 Å². The van der Waals surface area contributed by atoms with Gasteiger partial charge < -0.3 is 0 Å². The van der Waals surface area contributed by atoms with Crippen molar-refractivity contribution in [2.45, 2.75) is 6.92 Å². The number of nitrogens with zero attached hydrogens (tertiary/aromatic N) is 2. The number of aryl methyl sites for hydroxylation is 1. The summed E-state index contributed by atoms with van der Waals surface area (Å²) >= 11 is 0. The maximum atomic E-state index is 5.42. The lowest BCUT2D eigenvalue weighted by atomic mass is 9.86. The molecule has 10 aromatic rings. The Bertz CT molecular complexity index is 2910. The van der Waals surface area contributed by atoms with Crippen LogP contribution in [-0.4, -0.2) is 9.97 Å². The van der Waals surface area contributed by atoms with Gasteiger partial charge in [-0.05, 0) is 91.2 Å². The van der Waals surface area contributed by atoms with Crippen LogP contribution in [0.15, 0.2) is 188 Å². The van der Waals surface area contributed by atoms with Crippen LogP contribution in [0.1, 0.15) is 5.69 Å². The van der Waals surface area contributed by atoms with Gasteiger partial charge in [0.1, 0.15) is 0 Å². The molecule has 0 bridgehead atoms. The van der Waals surface area contributed by atoms with Crippen molar-refractivity contribution in [3.63, 3.8) is 0 Å². The van der Waals surface area contributed by atoms with Gasteiger partial charge in [-0.2, -0.15) is 0 Å². The van der Waals surface area contributed by atoms with E-state index in [9.17, 15) is 0 Å². The maximum Gasteiger partial charge on any atom is 0.0978 e. The Labute approximate surface area is 308 Å². The average Bonchev–Trinajstić information content (AvgIpc) is 3.23. The fraction of sp³-hybridized carbons (Fsp3) is 0.0196. The van der Waals surface area contributed by atoms with E-state index in [0.29, 0.717) is 0 Å². The van der Waals surface area contributed by atoms with E-state index in [0.717, 1.165) is 44.3 Å². The highest BCUT2D eigenvalue weighted by Crippen LogP contribution is 2.46. The predicted molar refractivity (Wildman–Crippen MR) is 224 cm³/mol. The normalized spacial score (nSPS) is 11.5. The van der Waals surface area contributed by atoms with Crippen LogP contribution in [0.4, 0.5) is 0 Å². The van der Waals surface area contributed by atoms with Crippen molar-refractivity contribution in [3.05, 3.63) is 194 Å². The zero-order valence-electron chi connectivity index (χ0n) is 29.3. The lowest BCUT2D eigenvalue weighted by Crippen LogP contribution is -1.97. The van der Waals surface area contributed by atoms with E-state index in [1.54, 1.807) is 0 Å². The van der Waals surface area contributed by atoms with E-state index in [-0.39, 0.29) is 0 Å². The summed E-state index contributed by atoms with van der Waals surface area (Å²) in [7, 11) is 0. The van der Waals surface area contributed by atoms with Crippen molar-refractivity contribution in [2.24, 2.45) is 0 Å². The highest BCUT2D eigenvalue weighted by atomic mass is 14.8. The topological polar surface area (TPSA) is 25.8 Å². The fourth-order valence-electron chi connectivity index (χ4n) is 8.18. The van der Waals surface area contributed by atoms with Gasteiger partial charge >= 0.3 is 0 Å². The van der Waals surface area contributed by atoms with Crippen molar-refractivity contribution in [1.82, 2.24) is 9.97 Å². The number of hydrogen-bond donors (Lipinski definition) is 0. The second kappa shape index (κ2) is 12.7. The van der Waals surface area contributed by atoms with Crippen LogP contribution in [0, 0.1) is 6.92 Å². The molecule has 0 saturated carbocycles. The summed E-state index contributed by atoms with van der Waals surface area (Å²) in [5, 5.41) is 7.20. The molecule has 0 aliphatic rings. The molecule has 53 heavy (non-hydrogen) atoms. The number of pyridine rings is 2. The monoisotopic (exact) mass is 674 g/mol. The number of hydrogen-bond acceptors (Lipinski definition) is 2. The lowest BCUT2D eigenvalue weighted by Gasteiger charge is -2.19. The van der Waals surface area contributed by atoms with Crippen molar-refractivity contribution >= 4 is 43.4 Å². The Hall–Kier alpha value is -6.90. The molecular formula is C51H34N2. The first kappa shape index (κ1) is 30.9. The number of aromatic nitrogens is 2. The van der Waals surface area contributed by atoms with Gasteiger partial charge in [0.15, 0.2) is 0 Å². The number of rotatable bonds is 5. The Morgan fingerprint density at radius 3 is 1.09 bits per heavy atom. The number of benzene rings is 8. The minimum absolute atomic E-state index is 0.914. The molecule has 2 aromatic heterocycles. The van der Waals surface area contributed by atoms with E-state index < -0.39 is 0 Å². The summed E-state index contributed by atoms with van der Waals surface area (Å²) in [4.78, 5) is 10.6. The first-order valence-electron chi connectivity index (χ1n) is 18.2. The predicted octanol–water partition coefficient (Wildman–Crippen LogP) is 13.7. The molecule has 0 aliphatic heterocycles. The van der Waals surface area contributed by atoms with Crippen LogP contribution in [0.2, 0.25) is 0 Å². The third-order valence-electron chi connectivity index (χ3n) is 10.5. The summed E-state index contributed by atoms with van der Waals surface area (Å²) in [6.07, 6.45) is 0. The van der Waals surface area contributed by atoms with Crippen molar-refractivity contribution in [1.29, 1.82) is 0 Å². The largest absolute Gasteiger partial charge is 0.251 e. The highest BCUT2D eigenvalue weighted by molar-refractivity contribution is 6.22. The smallest absolute Gasteiger partial charge is 0.0978 e. The van der Waals surface area contributed by atoms with Crippen LogP contribution in [0.3, 0.4) is 0 Å². The van der Waals surface area contributed by atoms with Gasteiger partial charge in [0, 0.05) is 22.0 Å². The van der Waals surface area contributed by atoms with E-state index in [1.807, 2.05) is 0 Å². The molecule has 248 valence electrons. The Morgan fingerprint density at radius 1 is 0.264 bits per heavy atom. The lowest BCUT2D eigenvalue weighted by molar-refractivity contribution is 1.25. The summed E-state index contributed by atoms with van der Waals surface area (Å²) < 4.78 is 0. The van der Waals surface area contributed by atoms with Crippen LogP contribution in [0.5, 0.6) is 0 Å². The Balaban J connectivity index is 1.17. The van der Waals surface area contributed by atoms with Gasteiger partial charge in [0.2, 0.25) is 0 Å². The first-order chi connectivity index (χ1) is 26.2.